The molecule has 0 unspecified atom stereocenters. The Labute approximate surface area is 150 Å². The molecule has 0 atom stereocenters. The molecular formula is C19H21N5O2. The van der Waals surface area contributed by atoms with Crippen molar-refractivity contribution in [1.29, 1.82) is 0 Å². The number of nitrogens with one attached hydrogen (secondary N) is 1. The lowest BCUT2D eigenvalue weighted by molar-refractivity contribution is -0.137. The van der Waals surface area contributed by atoms with Gasteiger partial charge in [-0.1, -0.05) is 44.2 Å². The average Bonchev–Trinajstić information content (AvgIpc) is 3.04. The van der Waals surface area contributed by atoms with Gasteiger partial charge in [-0.3, -0.25) is 14.7 Å². The van der Waals surface area contributed by atoms with Gasteiger partial charge in [-0.05, 0) is 11.8 Å². The fourth-order valence-electron chi connectivity index (χ4n) is 3.36. The zero-order valence-corrected chi connectivity index (χ0v) is 14.9. The number of piperidine rings is 1. The van der Waals surface area contributed by atoms with E-state index in [-0.39, 0.29) is 16.9 Å². The third kappa shape index (κ3) is 3.12. The Morgan fingerprint density at radius 2 is 1.92 bits per heavy atom. The van der Waals surface area contributed by atoms with Crippen LogP contribution < -0.4 is 5.56 Å². The van der Waals surface area contributed by atoms with Gasteiger partial charge in [0.05, 0.1) is 12.2 Å². The third-order valence-corrected chi connectivity index (χ3v) is 4.77. The first-order valence-electron chi connectivity index (χ1n) is 8.73. The van der Waals surface area contributed by atoms with Crippen molar-refractivity contribution >= 4 is 11.7 Å². The molecule has 1 fully saturated rings. The van der Waals surface area contributed by atoms with Crippen molar-refractivity contribution in [2.24, 2.45) is 5.41 Å². The van der Waals surface area contributed by atoms with Gasteiger partial charge in [-0.15, -0.1) is 0 Å². The van der Waals surface area contributed by atoms with E-state index in [0.717, 1.165) is 12.0 Å². The summed E-state index contributed by atoms with van der Waals surface area (Å²) in [7, 11) is 0. The van der Waals surface area contributed by atoms with E-state index in [1.807, 2.05) is 30.3 Å². The third-order valence-electron chi connectivity index (χ3n) is 4.77. The van der Waals surface area contributed by atoms with Crippen LogP contribution in [0.1, 0.15) is 32.4 Å². The van der Waals surface area contributed by atoms with E-state index < -0.39 is 0 Å². The molecule has 0 saturated carbocycles. The smallest absolute Gasteiger partial charge is 0.274 e. The lowest BCUT2D eigenvalue weighted by Crippen LogP contribution is -2.43. The van der Waals surface area contributed by atoms with Gasteiger partial charge in [0.2, 0.25) is 5.91 Å². The molecule has 1 aliphatic rings. The van der Waals surface area contributed by atoms with Crippen molar-refractivity contribution in [1.82, 2.24) is 24.5 Å². The second-order valence-electron chi connectivity index (χ2n) is 7.57. The Morgan fingerprint density at radius 1 is 1.15 bits per heavy atom. The topological polar surface area (TPSA) is 83.4 Å². The predicted octanol–water partition coefficient (Wildman–Crippen LogP) is 2.23. The van der Waals surface area contributed by atoms with Crippen LogP contribution >= 0.6 is 0 Å². The van der Waals surface area contributed by atoms with Gasteiger partial charge < -0.3 is 4.90 Å². The molecule has 134 valence electrons. The van der Waals surface area contributed by atoms with E-state index in [2.05, 4.69) is 28.9 Å². The van der Waals surface area contributed by atoms with E-state index in [1.165, 1.54) is 10.6 Å². The average molecular weight is 351 g/mol. The number of fused-ring (bicyclic) bond motifs is 1. The number of H-pyrrole nitrogens is 1. The molecule has 3 aromatic rings. The number of hydrogen-bond acceptors (Lipinski definition) is 4. The molecule has 1 saturated heterocycles. The maximum atomic E-state index is 12.4. The summed E-state index contributed by atoms with van der Waals surface area (Å²) in [6.45, 7) is 5.31. The zero-order chi connectivity index (χ0) is 18.3. The van der Waals surface area contributed by atoms with Gasteiger partial charge in [0.1, 0.15) is 0 Å². The van der Waals surface area contributed by atoms with E-state index in [4.69, 9.17) is 0 Å². The van der Waals surface area contributed by atoms with Gasteiger partial charge in [-0.2, -0.15) is 9.50 Å². The molecule has 1 aromatic carbocycles. The monoisotopic (exact) mass is 351 g/mol. The van der Waals surface area contributed by atoms with Crippen LogP contribution in [0.15, 0.2) is 41.2 Å². The highest BCUT2D eigenvalue weighted by molar-refractivity contribution is 5.77. The summed E-state index contributed by atoms with van der Waals surface area (Å²) in [5.41, 5.74) is 1.29. The minimum absolute atomic E-state index is 0.0832. The molecule has 0 bridgehead atoms. The molecule has 1 amide bonds. The van der Waals surface area contributed by atoms with Crippen LogP contribution in [0.25, 0.3) is 17.2 Å². The van der Waals surface area contributed by atoms with Crippen LogP contribution in [0.2, 0.25) is 0 Å². The van der Waals surface area contributed by atoms with Gasteiger partial charge in [0.25, 0.3) is 11.3 Å². The first-order valence-corrected chi connectivity index (χ1v) is 8.73. The summed E-state index contributed by atoms with van der Waals surface area (Å²) in [4.78, 5) is 35.4. The number of benzene rings is 1. The molecule has 2 aromatic heterocycles. The Hall–Kier alpha value is -2.96. The van der Waals surface area contributed by atoms with Crippen LogP contribution in [0.4, 0.5) is 0 Å². The SMILES string of the molecule is CC1(C)CCC(=O)N(Cc2cc(=O)n3[nH]c(-c4ccccc4)nc3n2)C1. The van der Waals surface area contributed by atoms with E-state index in [1.54, 1.807) is 4.90 Å². The minimum atomic E-state index is -0.233. The second kappa shape index (κ2) is 6.09. The number of amides is 1. The lowest BCUT2D eigenvalue weighted by Gasteiger charge is -2.37. The Balaban J connectivity index is 1.67. The lowest BCUT2D eigenvalue weighted by atomic mass is 9.84. The number of nitrogens with zero attached hydrogens (tertiary/aromatic N) is 4. The molecule has 3 heterocycles. The van der Waals surface area contributed by atoms with Gasteiger partial charge in [-0.25, -0.2) is 4.98 Å². The molecule has 1 aliphatic heterocycles. The maximum absolute atomic E-state index is 12.4. The number of rotatable bonds is 3. The first kappa shape index (κ1) is 16.5. The zero-order valence-electron chi connectivity index (χ0n) is 14.9. The minimum Gasteiger partial charge on any atom is -0.336 e. The fourth-order valence-corrected chi connectivity index (χ4v) is 3.36. The van der Waals surface area contributed by atoms with Gasteiger partial charge in [0.15, 0.2) is 5.82 Å². The molecule has 7 heteroatoms. The predicted molar refractivity (Wildman–Crippen MR) is 97.5 cm³/mol. The van der Waals surface area contributed by atoms with Crippen LogP contribution in [0.5, 0.6) is 0 Å². The summed E-state index contributed by atoms with van der Waals surface area (Å²) in [6, 6.07) is 11.0. The quantitative estimate of drug-likeness (QED) is 0.784. The molecule has 7 nitrogen and oxygen atoms in total. The normalized spacial score (nSPS) is 17.0. The van der Waals surface area contributed by atoms with Crippen molar-refractivity contribution in [3.63, 3.8) is 0 Å². The van der Waals surface area contributed by atoms with Crippen LogP contribution in [-0.4, -0.2) is 36.9 Å². The standard InChI is InChI=1S/C19H21N5O2/c1-19(2)9-8-15(25)23(12-19)11-14-10-16(26)24-18(20-14)21-17(22-24)13-6-4-3-5-7-13/h3-7,10H,8-9,11-12H2,1-2H3,(H,20,21,22). The van der Waals surface area contributed by atoms with E-state index in [0.29, 0.717) is 36.8 Å². The number of aromatic amines is 1. The van der Waals surface area contributed by atoms with Crippen LogP contribution in [0, 0.1) is 5.41 Å². The number of likely N-dealkylation sites (tertiary alicyclic amines) is 1. The molecule has 0 aliphatic carbocycles. The van der Waals surface area contributed by atoms with E-state index >= 15 is 0 Å². The van der Waals surface area contributed by atoms with Crippen molar-refractivity contribution < 1.29 is 4.79 Å². The number of carbonyl (C=O) groups excluding carboxylic acids is 1. The largest absolute Gasteiger partial charge is 0.336 e. The van der Waals surface area contributed by atoms with Crippen molar-refractivity contribution in [2.45, 2.75) is 33.2 Å². The van der Waals surface area contributed by atoms with Crippen molar-refractivity contribution in [3.8, 4) is 11.4 Å². The van der Waals surface area contributed by atoms with Gasteiger partial charge >= 0.3 is 0 Å². The van der Waals surface area contributed by atoms with E-state index in [9.17, 15) is 9.59 Å². The second-order valence-corrected chi connectivity index (χ2v) is 7.57. The highest BCUT2D eigenvalue weighted by atomic mass is 16.2. The molecule has 1 N–H and O–H groups in total. The Kier molecular flexibility index (Phi) is 3.86. The van der Waals surface area contributed by atoms with Gasteiger partial charge in [0, 0.05) is 24.6 Å². The highest BCUT2D eigenvalue weighted by Crippen LogP contribution is 2.29. The molecule has 26 heavy (non-hydrogen) atoms. The molecule has 0 spiro atoms. The number of aromatic nitrogens is 4. The summed E-state index contributed by atoms with van der Waals surface area (Å²) in [5, 5.41) is 2.98. The Morgan fingerprint density at radius 3 is 2.69 bits per heavy atom. The summed E-state index contributed by atoms with van der Waals surface area (Å²) >= 11 is 0. The summed E-state index contributed by atoms with van der Waals surface area (Å²) in [5.74, 6) is 1.01. The maximum Gasteiger partial charge on any atom is 0.274 e. The van der Waals surface area contributed by atoms with Crippen molar-refractivity contribution in [3.05, 3.63) is 52.4 Å². The molecule has 4 rings (SSSR count). The molecule has 0 radical (unpaired) electrons. The summed E-state index contributed by atoms with van der Waals surface area (Å²) in [6.07, 6.45) is 1.42. The molecular weight excluding hydrogens is 330 g/mol. The van der Waals surface area contributed by atoms with Crippen molar-refractivity contribution in [2.75, 3.05) is 6.54 Å². The highest BCUT2D eigenvalue weighted by Gasteiger charge is 2.31. The number of hydrogen-bond donors (Lipinski definition) is 1. The fraction of sp³-hybridized carbons (Fsp3) is 0.368. The Bertz CT molecular complexity index is 1020. The van der Waals surface area contributed by atoms with Crippen LogP contribution in [0.3, 0.4) is 0 Å². The summed E-state index contributed by atoms with van der Waals surface area (Å²) < 4.78 is 1.33. The first-order chi connectivity index (χ1) is 12.4. The van der Waals surface area contributed by atoms with Crippen LogP contribution in [-0.2, 0) is 11.3 Å². The number of carbonyl (C=O) groups is 1.